The second kappa shape index (κ2) is 5.63. The van der Waals surface area contributed by atoms with Crippen LogP contribution in [0.15, 0.2) is 12.3 Å². The summed E-state index contributed by atoms with van der Waals surface area (Å²) < 4.78 is 0. The minimum absolute atomic E-state index is 0.429. The largest absolute Gasteiger partial charge is 0.312 e. The van der Waals surface area contributed by atoms with Crippen molar-refractivity contribution < 1.29 is 0 Å². The van der Waals surface area contributed by atoms with Crippen molar-refractivity contribution in [3.05, 3.63) is 29.1 Å². The van der Waals surface area contributed by atoms with Crippen molar-refractivity contribution in [2.45, 2.75) is 52.0 Å². The molecule has 1 aliphatic carbocycles. The maximum atomic E-state index is 4.63. The summed E-state index contributed by atoms with van der Waals surface area (Å²) in [5, 5.41) is 3.44. The van der Waals surface area contributed by atoms with Gasteiger partial charge in [-0.25, -0.2) is 0 Å². The van der Waals surface area contributed by atoms with E-state index in [4.69, 9.17) is 0 Å². The van der Waals surface area contributed by atoms with Crippen LogP contribution in [0.1, 0.15) is 55.0 Å². The minimum atomic E-state index is 0.429. The molecule has 1 fully saturated rings. The Morgan fingerprint density at radius 2 is 2.06 bits per heavy atom. The van der Waals surface area contributed by atoms with Crippen LogP contribution in [0.2, 0.25) is 0 Å². The fourth-order valence-corrected chi connectivity index (χ4v) is 3.04. The molecule has 2 heteroatoms. The Kier molecular flexibility index (Phi) is 4.16. The van der Waals surface area contributed by atoms with E-state index in [-0.39, 0.29) is 0 Å². The maximum Gasteiger partial charge on any atom is 0.0602 e. The van der Waals surface area contributed by atoms with E-state index in [9.17, 15) is 0 Å². The topological polar surface area (TPSA) is 24.9 Å². The fraction of sp³-hybridized carbons (Fsp3) is 0.667. The van der Waals surface area contributed by atoms with Gasteiger partial charge in [0.15, 0.2) is 0 Å². The molecule has 1 unspecified atom stereocenters. The molecular formula is C15H24N2. The lowest BCUT2D eigenvalue weighted by atomic mass is 9.94. The summed E-state index contributed by atoms with van der Waals surface area (Å²) in [5.74, 6) is 0.898. The first-order chi connectivity index (χ1) is 8.20. The monoisotopic (exact) mass is 232 g/mol. The lowest BCUT2D eigenvalue weighted by molar-refractivity contribution is 0.406. The van der Waals surface area contributed by atoms with Gasteiger partial charge in [0.05, 0.1) is 5.69 Å². The van der Waals surface area contributed by atoms with Gasteiger partial charge < -0.3 is 5.32 Å². The predicted octanol–water partition coefficient (Wildman–Crippen LogP) is 3.54. The Morgan fingerprint density at radius 3 is 2.65 bits per heavy atom. The Hall–Kier alpha value is -0.890. The van der Waals surface area contributed by atoms with Gasteiger partial charge in [-0.05, 0) is 44.4 Å². The van der Waals surface area contributed by atoms with Gasteiger partial charge >= 0.3 is 0 Å². The van der Waals surface area contributed by atoms with Crippen LogP contribution in [0.4, 0.5) is 0 Å². The molecule has 1 N–H and O–H groups in total. The van der Waals surface area contributed by atoms with Crippen molar-refractivity contribution >= 4 is 0 Å². The average molecular weight is 232 g/mol. The number of hydrogen-bond acceptors (Lipinski definition) is 2. The number of aryl methyl sites for hydroxylation is 2. The molecule has 0 aromatic carbocycles. The van der Waals surface area contributed by atoms with Crippen molar-refractivity contribution in [1.29, 1.82) is 0 Å². The van der Waals surface area contributed by atoms with Gasteiger partial charge in [-0.1, -0.05) is 31.7 Å². The molecule has 0 bridgehead atoms. The molecule has 0 aliphatic heterocycles. The number of nitrogens with one attached hydrogen (secondary N) is 1. The van der Waals surface area contributed by atoms with Crippen LogP contribution in [0.3, 0.4) is 0 Å². The molecule has 17 heavy (non-hydrogen) atoms. The normalized spacial score (nSPS) is 18.5. The smallest absolute Gasteiger partial charge is 0.0602 e. The van der Waals surface area contributed by atoms with Crippen LogP contribution < -0.4 is 5.32 Å². The van der Waals surface area contributed by atoms with Gasteiger partial charge in [0.25, 0.3) is 0 Å². The van der Waals surface area contributed by atoms with E-state index in [0.29, 0.717) is 6.04 Å². The zero-order valence-corrected chi connectivity index (χ0v) is 11.3. The molecule has 0 radical (unpaired) electrons. The molecular weight excluding hydrogens is 208 g/mol. The Balaban J connectivity index is 2.10. The molecule has 2 rings (SSSR count). The Bertz CT molecular complexity index is 367. The molecule has 94 valence electrons. The van der Waals surface area contributed by atoms with Crippen molar-refractivity contribution in [3.63, 3.8) is 0 Å². The van der Waals surface area contributed by atoms with Crippen molar-refractivity contribution in [2.24, 2.45) is 5.92 Å². The van der Waals surface area contributed by atoms with E-state index in [0.717, 1.165) is 5.92 Å². The van der Waals surface area contributed by atoms with Crippen LogP contribution in [0.25, 0.3) is 0 Å². The molecule has 1 aromatic rings. The Morgan fingerprint density at radius 1 is 1.35 bits per heavy atom. The van der Waals surface area contributed by atoms with Crippen molar-refractivity contribution in [1.82, 2.24) is 10.3 Å². The zero-order chi connectivity index (χ0) is 12.3. The van der Waals surface area contributed by atoms with E-state index >= 15 is 0 Å². The van der Waals surface area contributed by atoms with Gasteiger partial charge in [0, 0.05) is 12.2 Å². The lowest BCUT2D eigenvalue weighted by Crippen LogP contribution is -2.21. The third-order valence-electron chi connectivity index (χ3n) is 3.98. The van der Waals surface area contributed by atoms with E-state index in [1.165, 1.54) is 48.9 Å². The first-order valence-corrected chi connectivity index (χ1v) is 6.81. The van der Waals surface area contributed by atoms with E-state index in [1.807, 2.05) is 6.20 Å². The highest BCUT2D eigenvalue weighted by molar-refractivity contribution is 5.25. The standard InChI is InChI=1S/C15H24N2/c1-11-8-12(2)15(17-10-11)14(16-3)9-13-6-4-5-7-13/h8,10,13-14,16H,4-7,9H2,1-3H3. The fourth-order valence-electron chi connectivity index (χ4n) is 3.04. The summed E-state index contributed by atoms with van der Waals surface area (Å²) in [6.07, 6.45) is 8.88. The van der Waals surface area contributed by atoms with Crippen LogP contribution >= 0.6 is 0 Å². The summed E-state index contributed by atoms with van der Waals surface area (Å²) in [7, 11) is 2.06. The molecule has 1 heterocycles. The number of aromatic nitrogens is 1. The highest BCUT2D eigenvalue weighted by Crippen LogP contribution is 2.33. The van der Waals surface area contributed by atoms with Gasteiger partial charge in [0.1, 0.15) is 0 Å². The van der Waals surface area contributed by atoms with Crippen molar-refractivity contribution in [2.75, 3.05) is 7.05 Å². The lowest BCUT2D eigenvalue weighted by Gasteiger charge is -2.21. The number of hydrogen-bond donors (Lipinski definition) is 1. The van der Waals surface area contributed by atoms with E-state index in [1.54, 1.807) is 0 Å². The summed E-state index contributed by atoms with van der Waals surface area (Å²) in [6, 6.07) is 2.67. The van der Waals surface area contributed by atoms with Crippen LogP contribution in [0.5, 0.6) is 0 Å². The van der Waals surface area contributed by atoms with Crippen LogP contribution in [-0.4, -0.2) is 12.0 Å². The summed E-state index contributed by atoms with van der Waals surface area (Å²) in [4.78, 5) is 4.63. The number of nitrogens with zero attached hydrogens (tertiary/aromatic N) is 1. The molecule has 2 nitrogen and oxygen atoms in total. The highest BCUT2D eigenvalue weighted by Gasteiger charge is 2.22. The van der Waals surface area contributed by atoms with Gasteiger partial charge in [-0.3, -0.25) is 4.98 Å². The first-order valence-electron chi connectivity index (χ1n) is 6.81. The van der Waals surface area contributed by atoms with Crippen molar-refractivity contribution in [3.8, 4) is 0 Å². The zero-order valence-electron chi connectivity index (χ0n) is 11.3. The molecule has 0 amide bonds. The van der Waals surface area contributed by atoms with Crippen LogP contribution in [0, 0.1) is 19.8 Å². The van der Waals surface area contributed by atoms with Crippen LogP contribution in [-0.2, 0) is 0 Å². The average Bonchev–Trinajstić information content (AvgIpc) is 2.79. The second-order valence-corrected chi connectivity index (χ2v) is 5.44. The summed E-state index contributed by atoms with van der Waals surface area (Å²) >= 11 is 0. The quantitative estimate of drug-likeness (QED) is 0.859. The molecule has 1 atom stereocenters. The first kappa shape index (κ1) is 12.6. The number of rotatable bonds is 4. The number of pyridine rings is 1. The third-order valence-corrected chi connectivity index (χ3v) is 3.98. The molecule has 1 aliphatic rings. The van der Waals surface area contributed by atoms with Gasteiger partial charge in [-0.15, -0.1) is 0 Å². The van der Waals surface area contributed by atoms with E-state index < -0.39 is 0 Å². The minimum Gasteiger partial charge on any atom is -0.312 e. The maximum absolute atomic E-state index is 4.63. The molecule has 0 saturated heterocycles. The Labute approximate surface area is 105 Å². The SMILES string of the molecule is CNC(CC1CCCC1)c1ncc(C)cc1C. The highest BCUT2D eigenvalue weighted by atomic mass is 14.9. The third kappa shape index (κ3) is 3.06. The van der Waals surface area contributed by atoms with E-state index in [2.05, 4.69) is 37.3 Å². The molecule has 0 spiro atoms. The summed E-state index contributed by atoms with van der Waals surface area (Å²) in [6.45, 7) is 4.28. The van der Waals surface area contributed by atoms with Gasteiger partial charge in [0.2, 0.25) is 0 Å². The molecule has 1 aromatic heterocycles. The van der Waals surface area contributed by atoms with Gasteiger partial charge in [-0.2, -0.15) is 0 Å². The molecule has 1 saturated carbocycles. The predicted molar refractivity (Wildman–Crippen MR) is 72.1 cm³/mol. The summed E-state index contributed by atoms with van der Waals surface area (Å²) in [5.41, 5.74) is 3.81. The second-order valence-electron chi connectivity index (χ2n) is 5.44.